The van der Waals surface area contributed by atoms with Crippen LogP contribution < -0.4 is 19.8 Å². The number of fused-ring (bicyclic) bond motifs is 1. The Bertz CT molecular complexity index is 1420. The largest absolute Gasteiger partial charge is 0.463 e. The number of aromatic nitrogens is 1. The van der Waals surface area contributed by atoms with Gasteiger partial charge in [0.15, 0.2) is 10.7 Å². The summed E-state index contributed by atoms with van der Waals surface area (Å²) in [6.45, 7) is 8.05. The SMILES string of the molecule is CCOC(=O)C1=C(C)N=c2s/c(=C\c3ccc(N(C)C)o3)c(=O)n2[C@@H]1c1ccc(C(C)C)cc1. The quantitative estimate of drug-likeness (QED) is 0.505. The second-order valence-electron chi connectivity index (χ2n) is 8.69. The molecule has 0 aliphatic carbocycles. The minimum atomic E-state index is -0.618. The summed E-state index contributed by atoms with van der Waals surface area (Å²) in [6.07, 6.45) is 1.72. The van der Waals surface area contributed by atoms with Gasteiger partial charge >= 0.3 is 5.97 Å². The topological polar surface area (TPSA) is 77.0 Å². The summed E-state index contributed by atoms with van der Waals surface area (Å²) in [6, 6.07) is 11.1. The van der Waals surface area contributed by atoms with Crippen LogP contribution in [0.1, 0.15) is 56.5 Å². The third-order valence-electron chi connectivity index (χ3n) is 5.76. The zero-order valence-corrected chi connectivity index (χ0v) is 21.1. The van der Waals surface area contributed by atoms with Gasteiger partial charge in [-0.1, -0.05) is 49.4 Å². The Morgan fingerprint density at radius 2 is 1.94 bits per heavy atom. The summed E-state index contributed by atoms with van der Waals surface area (Å²) in [5, 5.41) is 0. The number of hydrogen-bond acceptors (Lipinski definition) is 7. The fraction of sp³-hybridized carbons (Fsp3) is 0.346. The highest BCUT2D eigenvalue weighted by Crippen LogP contribution is 2.31. The lowest BCUT2D eigenvalue weighted by molar-refractivity contribution is -0.139. The van der Waals surface area contributed by atoms with E-state index in [4.69, 9.17) is 9.15 Å². The fourth-order valence-corrected chi connectivity index (χ4v) is 4.99. The van der Waals surface area contributed by atoms with Crippen molar-refractivity contribution in [2.45, 2.75) is 39.7 Å². The van der Waals surface area contributed by atoms with E-state index in [9.17, 15) is 9.59 Å². The van der Waals surface area contributed by atoms with E-state index in [-0.39, 0.29) is 12.2 Å². The van der Waals surface area contributed by atoms with Gasteiger partial charge in [-0.15, -0.1) is 0 Å². The molecule has 8 heteroatoms. The van der Waals surface area contributed by atoms with Crippen molar-refractivity contribution >= 4 is 29.3 Å². The van der Waals surface area contributed by atoms with Crippen molar-refractivity contribution in [3.63, 3.8) is 0 Å². The second kappa shape index (κ2) is 9.46. The lowest BCUT2D eigenvalue weighted by Gasteiger charge is -2.25. The summed E-state index contributed by atoms with van der Waals surface area (Å²) in [5.74, 6) is 1.19. The molecule has 0 spiro atoms. The number of thiazole rings is 1. The molecule has 0 bridgehead atoms. The molecule has 178 valence electrons. The maximum atomic E-state index is 13.6. The zero-order chi connectivity index (χ0) is 24.6. The number of rotatable bonds is 6. The van der Waals surface area contributed by atoms with Crippen molar-refractivity contribution < 1.29 is 13.9 Å². The molecule has 4 rings (SSSR count). The highest BCUT2D eigenvalue weighted by Gasteiger charge is 2.33. The van der Waals surface area contributed by atoms with Crippen LogP contribution in [0.15, 0.2) is 61.9 Å². The normalized spacial score (nSPS) is 16.0. The van der Waals surface area contributed by atoms with Crippen LogP contribution in [0.3, 0.4) is 0 Å². The predicted octanol–water partition coefficient (Wildman–Crippen LogP) is 3.58. The lowest BCUT2D eigenvalue weighted by Crippen LogP contribution is -2.39. The number of anilines is 1. The fourth-order valence-electron chi connectivity index (χ4n) is 3.96. The maximum Gasteiger partial charge on any atom is 0.338 e. The van der Waals surface area contributed by atoms with Crippen molar-refractivity contribution in [3.05, 3.63) is 84.2 Å². The predicted molar refractivity (Wildman–Crippen MR) is 134 cm³/mol. The number of carbonyl (C=O) groups excluding carboxylic acids is 1. The Morgan fingerprint density at radius 1 is 1.24 bits per heavy atom. The van der Waals surface area contributed by atoms with Gasteiger partial charge in [-0.3, -0.25) is 9.36 Å². The van der Waals surface area contributed by atoms with Crippen LogP contribution in [0.2, 0.25) is 0 Å². The molecular formula is C26H29N3O4S. The van der Waals surface area contributed by atoms with E-state index in [1.807, 2.05) is 55.4 Å². The van der Waals surface area contributed by atoms with Gasteiger partial charge < -0.3 is 14.1 Å². The number of benzene rings is 1. The van der Waals surface area contributed by atoms with E-state index in [1.54, 1.807) is 24.5 Å². The number of carbonyl (C=O) groups is 1. The first-order valence-electron chi connectivity index (χ1n) is 11.3. The number of furan rings is 1. The van der Waals surface area contributed by atoms with E-state index in [2.05, 4.69) is 18.8 Å². The maximum absolute atomic E-state index is 13.6. The molecule has 3 heterocycles. The van der Waals surface area contributed by atoms with E-state index in [1.165, 1.54) is 16.9 Å². The van der Waals surface area contributed by atoms with Crippen molar-refractivity contribution in [3.8, 4) is 0 Å². The van der Waals surface area contributed by atoms with Crippen LogP contribution >= 0.6 is 11.3 Å². The molecule has 34 heavy (non-hydrogen) atoms. The number of nitrogens with zero attached hydrogens (tertiary/aromatic N) is 3. The van der Waals surface area contributed by atoms with Crippen LogP contribution in [0.5, 0.6) is 0 Å². The van der Waals surface area contributed by atoms with Crippen LogP contribution in [-0.4, -0.2) is 31.2 Å². The Hall–Kier alpha value is -3.39. The van der Waals surface area contributed by atoms with Crippen LogP contribution in [0.25, 0.3) is 6.08 Å². The van der Waals surface area contributed by atoms with Crippen molar-refractivity contribution in [1.82, 2.24) is 4.57 Å². The van der Waals surface area contributed by atoms with Crippen LogP contribution in [0, 0.1) is 0 Å². The molecule has 3 aromatic rings. The summed E-state index contributed by atoms with van der Waals surface area (Å²) >= 11 is 1.28. The minimum Gasteiger partial charge on any atom is -0.463 e. The van der Waals surface area contributed by atoms with Crippen LogP contribution in [0.4, 0.5) is 5.88 Å². The molecule has 1 atom stereocenters. The highest BCUT2D eigenvalue weighted by atomic mass is 32.1. The molecule has 0 unspecified atom stereocenters. The highest BCUT2D eigenvalue weighted by molar-refractivity contribution is 7.07. The molecule has 0 saturated carbocycles. The summed E-state index contributed by atoms with van der Waals surface area (Å²) < 4.78 is 13.2. The third kappa shape index (κ3) is 4.37. The molecule has 0 N–H and O–H groups in total. The van der Waals surface area contributed by atoms with Crippen molar-refractivity contribution in [2.75, 3.05) is 25.6 Å². The van der Waals surface area contributed by atoms with Gasteiger partial charge in [0, 0.05) is 26.2 Å². The average molecular weight is 480 g/mol. The van der Waals surface area contributed by atoms with E-state index in [0.29, 0.717) is 38.2 Å². The van der Waals surface area contributed by atoms with Gasteiger partial charge in [-0.05, 0) is 37.0 Å². The van der Waals surface area contributed by atoms with Gasteiger partial charge in [-0.2, -0.15) is 0 Å². The van der Waals surface area contributed by atoms with Crippen molar-refractivity contribution in [1.29, 1.82) is 0 Å². The smallest absolute Gasteiger partial charge is 0.338 e. The monoisotopic (exact) mass is 479 g/mol. The Morgan fingerprint density at radius 3 is 2.53 bits per heavy atom. The third-order valence-corrected chi connectivity index (χ3v) is 6.75. The number of ether oxygens (including phenoxy) is 1. The first kappa shape index (κ1) is 23.8. The van der Waals surface area contributed by atoms with Crippen LogP contribution in [-0.2, 0) is 9.53 Å². The molecule has 0 radical (unpaired) electrons. The molecular weight excluding hydrogens is 450 g/mol. The van der Waals surface area contributed by atoms with Gasteiger partial charge in [-0.25, -0.2) is 9.79 Å². The van der Waals surface area contributed by atoms with Gasteiger partial charge in [0.2, 0.25) is 0 Å². The van der Waals surface area contributed by atoms with E-state index in [0.717, 1.165) is 5.56 Å². The summed E-state index contributed by atoms with van der Waals surface area (Å²) in [7, 11) is 3.78. The van der Waals surface area contributed by atoms with Gasteiger partial charge in [0.05, 0.1) is 28.5 Å². The minimum absolute atomic E-state index is 0.223. The van der Waals surface area contributed by atoms with E-state index < -0.39 is 12.0 Å². The zero-order valence-electron chi connectivity index (χ0n) is 20.3. The first-order valence-corrected chi connectivity index (χ1v) is 12.1. The Labute approximate surface area is 202 Å². The molecule has 0 saturated heterocycles. The Balaban J connectivity index is 1.90. The lowest BCUT2D eigenvalue weighted by atomic mass is 9.93. The molecule has 0 fully saturated rings. The summed E-state index contributed by atoms with van der Waals surface area (Å²) in [5.41, 5.74) is 2.73. The molecule has 1 aromatic carbocycles. The number of hydrogen-bond donors (Lipinski definition) is 0. The van der Waals surface area contributed by atoms with Crippen molar-refractivity contribution in [2.24, 2.45) is 4.99 Å². The first-order chi connectivity index (χ1) is 16.2. The second-order valence-corrected chi connectivity index (χ2v) is 9.70. The number of allylic oxidation sites excluding steroid dienone is 1. The molecule has 7 nitrogen and oxygen atoms in total. The standard InChI is InChI=1S/C26H29N3O4S/c1-7-32-25(31)22-16(4)27-26-29(23(22)18-10-8-17(9-11-18)15(2)3)24(30)20(34-26)14-19-12-13-21(33-19)28(5)6/h8-15,23H,7H2,1-6H3/b20-14-/t23-/m1/s1. The van der Waals surface area contributed by atoms with E-state index >= 15 is 0 Å². The van der Waals surface area contributed by atoms with Gasteiger partial charge in [0.25, 0.3) is 5.56 Å². The average Bonchev–Trinajstić information content (AvgIpc) is 3.38. The molecule has 1 aliphatic rings. The number of esters is 1. The molecule has 1 aliphatic heterocycles. The Kier molecular flexibility index (Phi) is 6.61. The van der Waals surface area contributed by atoms with Gasteiger partial charge in [0.1, 0.15) is 5.76 Å². The molecule has 2 aromatic heterocycles. The summed E-state index contributed by atoms with van der Waals surface area (Å²) in [4.78, 5) is 33.6. The molecule has 0 amide bonds.